The van der Waals surface area contributed by atoms with Gasteiger partial charge in [-0.1, -0.05) is 12.1 Å². The second kappa shape index (κ2) is 7.85. The second-order valence-corrected chi connectivity index (χ2v) is 4.13. The molecule has 1 aromatic carbocycles. The maximum atomic E-state index is 10.7. The number of aliphatic hydroxyl groups is 1. The van der Waals surface area contributed by atoms with E-state index in [4.69, 9.17) is 9.84 Å². The van der Waals surface area contributed by atoms with Gasteiger partial charge >= 0.3 is 0 Å². The Morgan fingerprint density at radius 3 is 2.53 bits per heavy atom. The number of carbonyl (C=O) groups excluding carboxylic acids is 1. The van der Waals surface area contributed by atoms with Crippen molar-refractivity contribution in [3.8, 4) is 5.75 Å². The van der Waals surface area contributed by atoms with E-state index in [0.29, 0.717) is 19.4 Å². The van der Waals surface area contributed by atoms with Crippen LogP contribution in [0.4, 0.5) is 0 Å². The van der Waals surface area contributed by atoms with Crippen molar-refractivity contribution < 1.29 is 14.6 Å². The van der Waals surface area contributed by atoms with Gasteiger partial charge in [0.25, 0.3) is 0 Å². The number of rotatable bonds is 8. The highest BCUT2D eigenvalue weighted by Gasteiger charge is 1.97. The van der Waals surface area contributed by atoms with Gasteiger partial charge in [0, 0.05) is 13.0 Å². The molecule has 0 amide bonds. The van der Waals surface area contributed by atoms with Gasteiger partial charge in [-0.3, -0.25) is 0 Å². The van der Waals surface area contributed by atoms with E-state index in [2.05, 4.69) is 0 Å². The molecular formula is C14H20O3. The monoisotopic (exact) mass is 236 g/mol. The van der Waals surface area contributed by atoms with E-state index < -0.39 is 0 Å². The molecule has 3 heteroatoms. The zero-order chi connectivity index (χ0) is 12.5. The van der Waals surface area contributed by atoms with Crippen LogP contribution in [0.3, 0.4) is 0 Å². The highest BCUT2D eigenvalue weighted by Crippen LogP contribution is 2.13. The molecule has 1 rings (SSSR count). The minimum atomic E-state index is 0.172. The third-order valence-corrected chi connectivity index (χ3v) is 2.52. The summed E-state index contributed by atoms with van der Waals surface area (Å²) in [6.07, 6.45) is 3.10. The highest BCUT2D eigenvalue weighted by molar-refractivity contribution is 5.75. The van der Waals surface area contributed by atoms with Crippen molar-refractivity contribution in [2.75, 3.05) is 13.2 Å². The van der Waals surface area contributed by atoms with Gasteiger partial charge in [-0.2, -0.15) is 0 Å². The van der Waals surface area contributed by atoms with Crippen molar-refractivity contribution in [2.24, 2.45) is 0 Å². The lowest BCUT2D eigenvalue weighted by molar-refractivity contribution is -0.117. The Morgan fingerprint density at radius 2 is 1.94 bits per heavy atom. The number of aliphatic hydroxyl groups excluding tert-OH is 1. The number of unbranched alkanes of at least 4 members (excludes halogenated alkanes) is 1. The summed E-state index contributed by atoms with van der Waals surface area (Å²) in [5, 5.41) is 8.78. The largest absolute Gasteiger partial charge is 0.494 e. The Bertz CT molecular complexity index is 330. The van der Waals surface area contributed by atoms with Crippen LogP contribution in [-0.4, -0.2) is 24.1 Å². The molecule has 0 spiro atoms. The molecule has 1 N–H and O–H groups in total. The Kier molecular flexibility index (Phi) is 6.33. The normalized spacial score (nSPS) is 10.2. The zero-order valence-corrected chi connectivity index (χ0v) is 10.3. The average Bonchev–Trinajstić information content (AvgIpc) is 2.31. The van der Waals surface area contributed by atoms with Crippen molar-refractivity contribution in [2.45, 2.75) is 32.6 Å². The number of benzene rings is 1. The van der Waals surface area contributed by atoms with Gasteiger partial charge in [0.2, 0.25) is 0 Å². The van der Waals surface area contributed by atoms with Gasteiger partial charge in [0.15, 0.2) is 0 Å². The van der Waals surface area contributed by atoms with Crippen LogP contribution >= 0.6 is 0 Å². The maximum absolute atomic E-state index is 10.7. The molecule has 94 valence electrons. The van der Waals surface area contributed by atoms with Gasteiger partial charge in [0.05, 0.1) is 6.61 Å². The molecule has 3 nitrogen and oxygen atoms in total. The van der Waals surface area contributed by atoms with E-state index in [-0.39, 0.29) is 12.4 Å². The smallest absolute Gasteiger partial charge is 0.129 e. The van der Waals surface area contributed by atoms with Gasteiger partial charge in [-0.15, -0.1) is 0 Å². The predicted molar refractivity (Wildman–Crippen MR) is 67.3 cm³/mol. The van der Waals surface area contributed by atoms with E-state index >= 15 is 0 Å². The Balaban J connectivity index is 2.20. The van der Waals surface area contributed by atoms with Crippen LogP contribution in [0.15, 0.2) is 24.3 Å². The fraction of sp³-hybridized carbons (Fsp3) is 0.500. The fourth-order valence-electron chi connectivity index (χ4n) is 1.55. The quantitative estimate of drug-likeness (QED) is 0.705. The number of carbonyl (C=O) groups is 1. The van der Waals surface area contributed by atoms with E-state index in [1.165, 1.54) is 0 Å². The van der Waals surface area contributed by atoms with Crippen molar-refractivity contribution >= 4 is 5.78 Å². The molecule has 0 aliphatic carbocycles. The van der Waals surface area contributed by atoms with Crippen LogP contribution in [0.1, 0.15) is 31.7 Å². The molecular weight excluding hydrogens is 216 g/mol. The first-order chi connectivity index (χ1) is 8.22. The molecule has 0 radical (unpaired) electrons. The second-order valence-electron chi connectivity index (χ2n) is 4.13. The molecule has 0 atom stereocenters. The molecule has 0 aliphatic heterocycles. The molecule has 0 heterocycles. The van der Waals surface area contributed by atoms with Gasteiger partial charge < -0.3 is 14.6 Å². The van der Waals surface area contributed by atoms with E-state index in [1.54, 1.807) is 6.92 Å². The van der Waals surface area contributed by atoms with Crippen LogP contribution in [-0.2, 0) is 11.2 Å². The molecule has 17 heavy (non-hydrogen) atoms. The summed E-state index contributed by atoms with van der Waals surface area (Å²) in [6, 6.07) is 7.74. The minimum absolute atomic E-state index is 0.172. The van der Waals surface area contributed by atoms with E-state index in [1.807, 2.05) is 24.3 Å². The lowest BCUT2D eigenvalue weighted by Gasteiger charge is -2.06. The van der Waals surface area contributed by atoms with Crippen LogP contribution in [0.25, 0.3) is 0 Å². The average molecular weight is 236 g/mol. The van der Waals surface area contributed by atoms with Crippen molar-refractivity contribution in [3.05, 3.63) is 29.8 Å². The Morgan fingerprint density at radius 1 is 1.24 bits per heavy atom. The molecule has 0 bridgehead atoms. The third-order valence-electron chi connectivity index (χ3n) is 2.52. The fourth-order valence-corrected chi connectivity index (χ4v) is 1.55. The van der Waals surface area contributed by atoms with Gasteiger partial charge in [0.1, 0.15) is 11.5 Å². The van der Waals surface area contributed by atoms with Gasteiger partial charge in [-0.25, -0.2) is 0 Å². The summed E-state index contributed by atoms with van der Waals surface area (Å²) in [5.74, 6) is 1.08. The Hall–Kier alpha value is -1.35. The van der Waals surface area contributed by atoms with Crippen LogP contribution < -0.4 is 4.74 Å². The summed E-state index contributed by atoms with van der Waals surface area (Å²) >= 11 is 0. The molecule has 0 fully saturated rings. The Labute approximate surface area is 102 Å². The first-order valence-corrected chi connectivity index (χ1v) is 6.04. The van der Waals surface area contributed by atoms with Crippen molar-refractivity contribution in [3.63, 3.8) is 0 Å². The first-order valence-electron chi connectivity index (χ1n) is 6.04. The zero-order valence-electron chi connectivity index (χ0n) is 10.3. The molecule has 0 saturated carbocycles. The van der Waals surface area contributed by atoms with Crippen LogP contribution in [0.5, 0.6) is 5.75 Å². The molecule has 1 aromatic rings. The lowest BCUT2D eigenvalue weighted by atomic mass is 10.1. The lowest BCUT2D eigenvalue weighted by Crippen LogP contribution is -1.99. The molecule has 0 saturated heterocycles. The summed E-state index contributed by atoms with van der Waals surface area (Å²) in [6.45, 7) is 2.43. The van der Waals surface area contributed by atoms with Crippen LogP contribution in [0.2, 0.25) is 0 Å². The standard InChI is InChI=1S/C14H20O3/c1-12(16)4-2-3-11-17-14-7-5-13(6-8-14)9-10-15/h5-8,15H,2-4,9-11H2,1H3. The predicted octanol–water partition coefficient (Wildman–Crippen LogP) is 2.36. The van der Waals surface area contributed by atoms with E-state index in [9.17, 15) is 4.79 Å². The number of ether oxygens (including phenoxy) is 1. The van der Waals surface area contributed by atoms with E-state index in [0.717, 1.165) is 24.2 Å². The topological polar surface area (TPSA) is 46.5 Å². The summed E-state index contributed by atoms with van der Waals surface area (Å²) < 4.78 is 5.55. The minimum Gasteiger partial charge on any atom is -0.494 e. The summed E-state index contributed by atoms with van der Waals surface area (Å²) in [4.78, 5) is 10.7. The highest BCUT2D eigenvalue weighted by atomic mass is 16.5. The van der Waals surface area contributed by atoms with Crippen molar-refractivity contribution in [1.82, 2.24) is 0 Å². The first kappa shape index (κ1) is 13.7. The number of hydrogen-bond acceptors (Lipinski definition) is 3. The van der Waals surface area contributed by atoms with Crippen molar-refractivity contribution in [1.29, 1.82) is 0 Å². The maximum Gasteiger partial charge on any atom is 0.129 e. The molecule has 0 aliphatic rings. The summed E-state index contributed by atoms with van der Waals surface area (Å²) in [7, 11) is 0. The van der Waals surface area contributed by atoms with Gasteiger partial charge in [-0.05, 0) is 43.9 Å². The summed E-state index contributed by atoms with van der Waals surface area (Å²) in [5.41, 5.74) is 1.11. The van der Waals surface area contributed by atoms with Crippen LogP contribution in [0, 0.1) is 0 Å². The number of Topliss-reactive ketones (excluding diaryl/α,β-unsaturated/α-hetero) is 1. The molecule has 0 aromatic heterocycles. The number of hydrogen-bond donors (Lipinski definition) is 1. The molecule has 0 unspecified atom stereocenters. The number of ketones is 1. The third kappa shape index (κ3) is 6.07. The SMILES string of the molecule is CC(=O)CCCCOc1ccc(CCO)cc1.